The molecular formula is C25H21NO3. The summed E-state index contributed by atoms with van der Waals surface area (Å²) in [6.07, 6.45) is 1.62. The molecule has 1 saturated heterocycles. The van der Waals surface area contributed by atoms with Crippen LogP contribution in [-0.2, 0) is 4.79 Å². The molecule has 0 saturated carbocycles. The summed E-state index contributed by atoms with van der Waals surface area (Å²) in [5.41, 5.74) is 2.46. The fraction of sp³-hybridized carbons (Fsp3) is 0.120. The summed E-state index contributed by atoms with van der Waals surface area (Å²) >= 11 is 0. The Labute approximate surface area is 170 Å². The maximum absolute atomic E-state index is 13.0. The lowest BCUT2D eigenvalue weighted by molar-refractivity contribution is -0.118. The van der Waals surface area contributed by atoms with Crippen molar-refractivity contribution in [3.8, 4) is 5.75 Å². The highest BCUT2D eigenvalue weighted by molar-refractivity contribution is 6.02. The molecule has 3 aromatic rings. The summed E-state index contributed by atoms with van der Waals surface area (Å²) in [4.78, 5) is 27.5. The zero-order valence-corrected chi connectivity index (χ0v) is 15.9. The molecule has 3 aromatic carbocycles. The van der Waals surface area contributed by atoms with Crippen LogP contribution in [0.2, 0.25) is 0 Å². The zero-order valence-electron chi connectivity index (χ0n) is 15.9. The quantitative estimate of drug-likeness (QED) is 0.578. The number of carbonyl (C=O) groups excluding carboxylic acids is 2. The molecule has 144 valence electrons. The molecule has 0 N–H and O–H groups in total. The molecule has 1 fully saturated rings. The van der Waals surface area contributed by atoms with E-state index in [2.05, 4.69) is 0 Å². The van der Waals surface area contributed by atoms with Crippen molar-refractivity contribution in [1.82, 2.24) is 4.90 Å². The lowest BCUT2D eigenvalue weighted by atomic mass is 9.91. The summed E-state index contributed by atoms with van der Waals surface area (Å²) in [5.74, 6) is 0.529. The van der Waals surface area contributed by atoms with Crippen LogP contribution in [0.1, 0.15) is 23.6 Å². The number of likely N-dealkylation sites (tertiary alicyclic amines) is 1. The minimum Gasteiger partial charge on any atom is -0.410 e. The average Bonchev–Trinajstić information content (AvgIpc) is 2.77. The maximum atomic E-state index is 13.0. The molecule has 29 heavy (non-hydrogen) atoms. The average molecular weight is 383 g/mol. The fourth-order valence-corrected chi connectivity index (χ4v) is 3.49. The van der Waals surface area contributed by atoms with Crippen LogP contribution in [0.25, 0.3) is 6.08 Å². The number of piperidine rings is 1. The molecular weight excluding hydrogens is 362 g/mol. The SMILES string of the molecule is O=C1CC(c2ccccc2)N(C(=O)Oc2ccccc2)C/C1=C\c1ccccc1. The van der Waals surface area contributed by atoms with Crippen molar-refractivity contribution >= 4 is 18.0 Å². The van der Waals surface area contributed by atoms with Crippen LogP contribution in [0, 0.1) is 0 Å². The Morgan fingerprint density at radius 1 is 0.862 bits per heavy atom. The van der Waals surface area contributed by atoms with Gasteiger partial charge in [0.1, 0.15) is 5.75 Å². The molecule has 1 unspecified atom stereocenters. The Balaban J connectivity index is 1.65. The first-order chi connectivity index (χ1) is 14.2. The third kappa shape index (κ3) is 4.43. The number of hydrogen-bond donors (Lipinski definition) is 0. The van der Waals surface area contributed by atoms with Gasteiger partial charge in [-0.2, -0.15) is 0 Å². The van der Waals surface area contributed by atoms with E-state index >= 15 is 0 Å². The third-order valence-electron chi connectivity index (χ3n) is 4.96. The Bertz CT molecular complexity index is 1010. The summed E-state index contributed by atoms with van der Waals surface area (Å²) in [7, 11) is 0. The Kier molecular flexibility index (Phi) is 5.52. The van der Waals surface area contributed by atoms with Crippen LogP contribution in [0.3, 0.4) is 0 Å². The summed E-state index contributed by atoms with van der Waals surface area (Å²) in [6, 6.07) is 27.9. The van der Waals surface area contributed by atoms with Gasteiger partial charge in [0, 0.05) is 12.0 Å². The first-order valence-corrected chi connectivity index (χ1v) is 9.58. The number of amides is 1. The van der Waals surface area contributed by atoms with Gasteiger partial charge in [-0.1, -0.05) is 78.9 Å². The van der Waals surface area contributed by atoms with E-state index in [0.29, 0.717) is 11.3 Å². The van der Waals surface area contributed by atoms with Crippen LogP contribution in [-0.4, -0.2) is 23.3 Å². The van der Waals surface area contributed by atoms with Gasteiger partial charge in [0.25, 0.3) is 0 Å². The van der Waals surface area contributed by atoms with Crippen molar-refractivity contribution in [2.24, 2.45) is 0 Å². The molecule has 0 spiro atoms. The van der Waals surface area contributed by atoms with E-state index in [1.54, 1.807) is 17.0 Å². The number of carbonyl (C=O) groups is 2. The van der Waals surface area contributed by atoms with Gasteiger partial charge in [-0.05, 0) is 29.3 Å². The van der Waals surface area contributed by atoms with E-state index in [0.717, 1.165) is 11.1 Å². The number of ketones is 1. The van der Waals surface area contributed by atoms with Crippen molar-refractivity contribution in [2.45, 2.75) is 12.5 Å². The van der Waals surface area contributed by atoms with Crippen LogP contribution < -0.4 is 4.74 Å². The van der Waals surface area contributed by atoms with Crippen LogP contribution in [0.4, 0.5) is 4.79 Å². The van der Waals surface area contributed by atoms with E-state index in [1.807, 2.05) is 84.9 Å². The number of hydrogen-bond acceptors (Lipinski definition) is 3. The zero-order chi connectivity index (χ0) is 20.1. The first-order valence-electron chi connectivity index (χ1n) is 9.58. The Morgan fingerprint density at radius 2 is 1.45 bits per heavy atom. The summed E-state index contributed by atoms with van der Waals surface area (Å²) < 4.78 is 5.59. The molecule has 0 bridgehead atoms. The van der Waals surface area contributed by atoms with E-state index in [4.69, 9.17) is 4.74 Å². The van der Waals surface area contributed by atoms with Crippen LogP contribution in [0.5, 0.6) is 5.75 Å². The van der Waals surface area contributed by atoms with Crippen molar-refractivity contribution < 1.29 is 14.3 Å². The smallest absolute Gasteiger partial charge is 0.410 e. The van der Waals surface area contributed by atoms with E-state index < -0.39 is 6.09 Å². The summed E-state index contributed by atoms with van der Waals surface area (Å²) in [5, 5.41) is 0. The molecule has 1 heterocycles. The topological polar surface area (TPSA) is 46.6 Å². The monoisotopic (exact) mass is 383 g/mol. The molecule has 1 aliphatic heterocycles. The fourth-order valence-electron chi connectivity index (χ4n) is 3.49. The van der Waals surface area contributed by atoms with Crippen molar-refractivity contribution in [3.05, 3.63) is 108 Å². The number of nitrogens with zero attached hydrogens (tertiary/aromatic N) is 1. The molecule has 4 nitrogen and oxygen atoms in total. The van der Waals surface area contributed by atoms with Gasteiger partial charge in [0.05, 0.1) is 12.6 Å². The highest BCUT2D eigenvalue weighted by Gasteiger charge is 2.35. The standard InChI is InChI=1S/C25H21NO3/c27-24-17-23(20-12-6-2-7-13-20)26(25(28)29-22-14-8-3-9-15-22)18-21(24)16-19-10-4-1-5-11-19/h1-16,23H,17-18H2/b21-16+. The van der Waals surface area contributed by atoms with Crippen LogP contribution >= 0.6 is 0 Å². The normalized spacial score (nSPS) is 17.9. The molecule has 0 aliphatic carbocycles. The molecule has 0 radical (unpaired) electrons. The molecule has 1 aliphatic rings. The molecule has 4 rings (SSSR count). The number of ether oxygens (including phenoxy) is 1. The van der Waals surface area contributed by atoms with Gasteiger partial charge in [0.2, 0.25) is 0 Å². The summed E-state index contributed by atoms with van der Waals surface area (Å²) in [6.45, 7) is 0.207. The number of Topliss-reactive ketones (excluding diaryl/α,β-unsaturated/α-hetero) is 1. The van der Waals surface area contributed by atoms with Gasteiger partial charge < -0.3 is 4.74 Å². The maximum Gasteiger partial charge on any atom is 0.416 e. The largest absolute Gasteiger partial charge is 0.416 e. The van der Waals surface area contributed by atoms with Gasteiger partial charge in [-0.15, -0.1) is 0 Å². The predicted octanol–water partition coefficient (Wildman–Crippen LogP) is 5.29. The minimum atomic E-state index is -0.462. The molecule has 4 heteroatoms. The van der Waals surface area contributed by atoms with Crippen molar-refractivity contribution in [2.75, 3.05) is 6.54 Å². The predicted molar refractivity (Wildman–Crippen MR) is 112 cm³/mol. The van der Waals surface area contributed by atoms with Crippen LogP contribution in [0.15, 0.2) is 96.6 Å². The van der Waals surface area contributed by atoms with Gasteiger partial charge in [-0.3, -0.25) is 9.69 Å². The molecule has 1 atom stereocenters. The van der Waals surface area contributed by atoms with E-state index in [1.165, 1.54) is 0 Å². The highest BCUT2D eigenvalue weighted by atomic mass is 16.6. The number of para-hydroxylation sites is 1. The molecule has 1 amide bonds. The Morgan fingerprint density at radius 3 is 2.10 bits per heavy atom. The lowest BCUT2D eigenvalue weighted by Gasteiger charge is -2.35. The van der Waals surface area contributed by atoms with Gasteiger partial charge in [-0.25, -0.2) is 4.79 Å². The van der Waals surface area contributed by atoms with Crippen molar-refractivity contribution in [1.29, 1.82) is 0 Å². The first kappa shape index (κ1) is 18.7. The highest BCUT2D eigenvalue weighted by Crippen LogP contribution is 2.32. The van der Waals surface area contributed by atoms with Gasteiger partial charge >= 0.3 is 6.09 Å². The second-order valence-electron chi connectivity index (χ2n) is 6.94. The second-order valence-corrected chi connectivity index (χ2v) is 6.94. The third-order valence-corrected chi connectivity index (χ3v) is 4.96. The van der Waals surface area contributed by atoms with E-state index in [9.17, 15) is 9.59 Å². The number of benzene rings is 3. The molecule has 0 aromatic heterocycles. The number of rotatable bonds is 3. The minimum absolute atomic E-state index is 0.0477. The Hall–Kier alpha value is -3.66. The van der Waals surface area contributed by atoms with E-state index in [-0.39, 0.29) is 24.8 Å². The van der Waals surface area contributed by atoms with Crippen molar-refractivity contribution in [3.63, 3.8) is 0 Å². The van der Waals surface area contributed by atoms with Gasteiger partial charge in [0.15, 0.2) is 5.78 Å². The second kappa shape index (κ2) is 8.57. The lowest BCUT2D eigenvalue weighted by Crippen LogP contribution is -2.44.